The summed E-state index contributed by atoms with van der Waals surface area (Å²) in [5.74, 6) is 0. The molecule has 0 amide bonds. The Morgan fingerprint density at radius 2 is 1.76 bits per heavy atom. The van der Waals surface area contributed by atoms with E-state index < -0.39 is 0 Å². The van der Waals surface area contributed by atoms with E-state index in [4.69, 9.17) is 5.73 Å². The smallest absolute Gasteiger partial charge is 0.0757 e. The quantitative estimate of drug-likeness (QED) is 0.876. The number of para-hydroxylation sites is 1. The summed E-state index contributed by atoms with van der Waals surface area (Å²) in [6.45, 7) is 10.5. The average molecular weight is 302 g/mol. The highest BCUT2D eigenvalue weighted by molar-refractivity contribution is 7.12. The van der Waals surface area contributed by atoms with Crippen LogP contribution in [0.15, 0.2) is 42.5 Å². The van der Waals surface area contributed by atoms with Gasteiger partial charge in [-0.25, -0.2) is 0 Å². The van der Waals surface area contributed by atoms with Crippen molar-refractivity contribution in [3.8, 4) is 0 Å². The zero-order chi connectivity index (χ0) is 15.5. The van der Waals surface area contributed by atoms with Crippen molar-refractivity contribution in [2.45, 2.75) is 39.2 Å². The molecule has 3 heteroatoms. The van der Waals surface area contributed by atoms with Crippen LogP contribution in [-0.2, 0) is 5.41 Å². The van der Waals surface area contributed by atoms with E-state index in [1.54, 1.807) is 0 Å². The van der Waals surface area contributed by atoms with Crippen molar-refractivity contribution in [1.82, 2.24) is 0 Å². The van der Waals surface area contributed by atoms with Crippen LogP contribution in [-0.4, -0.2) is 13.1 Å². The molecule has 0 spiro atoms. The summed E-state index contributed by atoms with van der Waals surface area (Å²) < 4.78 is 0. The van der Waals surface area contributed by atoms with Crippen molar-refractivity contribution in [3.05, 3.63) is 52.2 Å². The van der Waals surface area contributed by atoms with Gasteiger partial charge >= 0.3 is 0 Å². The number of benzene rings is 1. The Balaban J connectivity index is 2.32. The van der Waals surface area contributed by atoms with Crippen LogP contribution in [0.1, 0.15) is 43.5 Å². The molecule has 114 valence electrons. The maximum absolute atomic E-state index is 6.10. The lowest BCUT2D eigenvalue weighted by atomic mass is 9.95. The first-order valence-electron chi connectivity index (χ1n) is 7.59. The number of nitrogens with zero attached hydrogens (tertiary/aromatic N) is 1. The molecule has 1 aromatic carbocycles. The van der Waals surface area contributed by atoms with Gasteiger partial charge in [-0.1, -0.05) is 39.0 Å². The largest absolute Gasteiger partial charge is 0.363 e. The summed E-state index contributed by atoms with van der Waals surface area (Å²) >= 11 is 1.89. The van der Waals surface area contributed by atoms with Gasteiger partial charge in [-0.05, 0) is 36.6 Å². The molecule has 1 atom stereocenters. The normalized spacial score (nSPS) is 13.2. The number of thiophene rings is 1. The molecule has 1 aromatic heterocycles. The molecule has 2 rings (SSSR count). The van der Waals surface area contributed by atoms with E-state index in [9.17, 15) is 0 Å². The van der Waals surface area contributed by atoms with Crippen LogP contribution in [0.3, 0.4) is 0 Å². The Hall–Kier alpha value is -1.32. The molecular formula is C18H26N2S. The molecular weight excluding hydrogens is 276 g/mol. The summed E-state index contributed by atoms with van der Waals surface area (Å²) in [7, 11) is 0. The first-order valence-corrected chi connectivity index (χ1v) is 8.41. The van der Waals surface area contributed by atoms with E-state index >= 15 is 0 Å². The maximum atomic E-state index is 6.10. The molecule has 1 heterocycles. The predicted molar refractivity (Wildman–Crippen MR) is 94.3 cm³/mol. The van der Waals surface area contributed by atoms with Crippen molar-refractivity contribution < 1.29 is 0 Å². The standard InChI is InChI=1S/C18H26N2S/c1-5-20(14-9-7-6-8-10-14)15(13-19)16-11-12-17(21-16)18(2,3)4/h6-12,15H,5,13,19H2,1-4H3. The molecule has 0 saturated heterocycles. The van der Waals surface area contributed by atoms with E-state index in [1.165, 1.54) is 15.4 Å². The minimum Gasteiger partial charge on any atom is -0.363 e. The zero-order valence-electron chi connectivity index (χ0n) is 13.5. The number of nitrogens with two attached hydrogens (primary N) is 1. The molecule has 0 radical (unpaired) electrons. The third kappa shape index (κ3) is 3.66. The lowest BCUT2D eigenvalue weighted by Gasteiger charge is -2.31. The van der Waals surface area contributed by atoms with Gasteiger partial charge in [0.1, 0.15) is 0 Å². The Labute approximate surface area is 132 Å². The molecule has 2 aromatic rings. The SMILES string of the molecule is CCN(c1ccccc1)C(CN)c1ccc(C(C)(C)C)s1. The molecule has 21 heavy (non-hydrogen) atoms. The summed E-state index contributed by atoms with van der Waals surface area (Å²) in [4.78, 5) is 5.16. The number of rotatable bonds is 5. The van der Waals surface area contributed by atoms with Crippen LogP contribution < -0.4 is 10.6 Å². The van der Waals surface area contributed by atoms with Gasteiger partial charge in [-0.3, -0.25) is 0 Å². The fraction of sp³-hybridized carbons (Fsp3) is 0.444. The molecule has 2 nitrogen and oxygen atoms in total. The second-order valence-corrected chi connectivity index (χ2v) is 7.44. The Kier molecular flexibility index (Phi) is 5.07. The molecule has 0 saturated carbocycles. The molecule has 1 unspecified atom stereocenters. The van der Waals surface area contributed by atoms with Gasteiger partial charge in [-0.2, -0.15) is 0 Å². The van der Waals surface area contributed by atoms with Crippen LogP contribution in [0.4, 0.5) is 5.69 Å². The Morgan fingerprint density at radius 3 is 2.24 bits per heavy atom. The lowest BCUT2D eigenvalue weighted by Crippen LogP contribution is -2.33. The minimum atomic E-state index is 0.200. The highest BCUT2D eigenvalue weighted by Gasteiger charge is 2.23. The van der Waals surface area contributed by atoms with Gasteiger partial charge < -0.3 is 10.6 Å². The van der Waals surface area contributed by atoms with E-state index in [1.807, 2.05) is 11.3 Å². The molecule has 2 N–H and O–H groups in total. The number of hydrogen-bond donors (Lipinski definition) is 1. The van der Waals surface area contributed by atoms with Gasteiger partial charge in [0.25, 0.3) is 0 Å². The first kappa shape index (κ1) is 16.1. The van der Waals surface area contributed by atoms with Crippen molar-refractivity contribution >= 4 is 17.0 Å². The monoisotopic (exact) mass is 302 g/mol. The summed E-state index contributed by atoms with van der Waals surface area (Å²) in [5.41, 5.74) is 7.54. The van der Waals surface area contributed by atoms with Gasteiger partial charge in [0, 0.05) is 28.5 Å². The van der Waals surface area contributed by atoms with Crippen LogP contribution in [0, 0.1) is 0 Å². The zero-order valence-corrected chi connectivity index (χ0v) is 14.3. The number of anilines is 1. The van der Waals surface area contributed by atoms with Crippen LogP contribution in [0.2, 0.25) is 0 Å². The second kappa shape index (κ2) is 6.63. The van der Waals surface area contributed by atoms with Gasteiger partial charge in [-0.15, -0.1) is 11.3 Å². The first-order chi connectivity index (χ1) is 9.97. The van der Waals surface area contributed by atoms with E-state index in [-0.39, 0.29) is 11.5 Å². The third-order valence-corrected chi connectivity index (χ3v) is 5.33. The lowest BCUT2D eigenvalue weighted by molar-refractivity contribution is 0.604. The molecule has 0 bridgehead atoms. The topological polar surface area (TPSA) is 29.3 Å². The summed E-state index contributed by atoms with van der Waals surface area (Å²) in [5, 5.41) is 0. The van der Waals surface area contributed by atoms with Crippen LogP contribution >= 0.6 is 11.3 Å². The van der Waals surface area contributed by atoms with Crippen molar-refractivity contribution in [3.63, 3.8) is 0 Å². The summed E-state index contributed by atoms with van der Waals surface area (Å²) in [6.07, 6.45) is 0. The van der Waals surface area contributed by atoms with E-state index in [0.717, 1.165) is 6.54 Å². The highest BCUT2D eigenvalue weighted by Crippen LogP contribution is 2.35. The van der Waals surface area contributed by atoms with Gasteiger partial charge in [0.05, 0.1) is 6.04 Å². The van der Waals surface area contributed by atoms with E-state index in [0.29, 0.717) is 6.54 Å². The average Bonchev–Trinajstić information content (AvgIpc) is 2.95. The predicted octanol–water partition coefficient (Wildman–Crippen LogP) is 4.57. The Morgan fingerprint density at radius 1 is 1.10 bits per heavy atom. The van der Waals surface area contributed by atoms with Gasteiger partial charge in [0.15, 0.2) is 0 Å². The van der Waals surface area contributed by atoms with Crippen LogP contribution in [0.25, 0.3) is 0 Å². The number of likely N-dealkylation sites (N-methyl/N-ethyl adjacent to an activating group) is 1. The fourth-order valence-corrected chi connectivity index (χ4v) is 3.73. The molecule has 0 aliphatic carbocycles. The minimum absolute atomic E-state index is 0.200. The van der Waals surface area contributed by atoms with Crippen molar-refractivity contribution in [2.24, 2.45) is 5.73 Å². The van der Waals surface area contributed by atoms with Crippen molar-refractivity contribution in [1.29, 1.82) is 0 Å². The molecule has 0 fully saturated rings. The number of hydrogen-bond acceptors (Lipinski definition) is 3. The Bertz CT molecular complexity index is 554. The third-order valence-electron chi connectivity index (χ3n) is 3.72. The summed E-state index contributed by atoms with van der Waals surface area (Å²) in [6, 6.07) is 15.3. The fourth-order valence-electron chi connectivity index (χ4n) is 2.53. The van der Waals surface area contributed by atoms with E-state index in [2.05, 4.69) is 75.1 Å². The second-order valence-electron chi connectivity index (χ2n) is 6.33. The van der Waals surface area contributed by atoms with Crippen LogP contribution in [0.5, 0.6) is 0 Å². The molecule has 0 aliphatic heterocycles. The van der Waals surface area contributed by atoms with Gasteiger partial charge in [0.2, 0.25) is 0 Å². The maximum Gasteiger partial charge on any atom is 0.0757 e. The van der Waals surface area contributed by atoms with Crippen molar-refractivity contribution in [2.75, 3.05) is 18.0 Å². The molecule has 0 aliphatic rings. The highest BCUT2D eigenvalue weighted by atomic mass is 32.1.